The number of carbonyl (C=O) groups is 1. The Morgan fingerprint density at radius 3 is 2.59 bits per heavy atom. The first-order valence-electron chi connectivity index (χ1n) is 8.81. The molecule has 2 aromatic carbocycles. The fourth-order valence-electron chi connectivity index (χ4n) is 2.94. The van der Waals surface area contributed by atoms with E-state index in [0.717, 1.165) is 16.6 Å². The van der Waals surface area contributed by atoms with Crippen LogP contribution in [0.4, 0.5) is 22.0 Å². The van der Waals surface area contributed by atoms with E-state index in [1.807, 2.05) is 30.3 Å². The third kappa shape index (κ3) is 3.91. The first-order valence-corrected chi connectivity index (χ1v) is 8.81. The Kier molecular flexibility index (Phi) is 4.90. The standard InChI is InChI=1S/C21H18N6O2/c1-29-16-4-2-3-15(9-16)27-21(28)26-14-7-5-13(6-8-14)17-10-23-11-18-19(17)24-12-25-20(18)22/h2-12H,1H3,(H2,22,24,25)(H2,26,27,28). The number of nitrogens with one attached hydrogen (secondary N) is 2. The van der Waals surface area contributed by atoms with Gasteiger partial charge in [-0.3, -0.25) is 4.98 Å². The third-order valence-corrected chi connectivity index (χ3v) is 4.36. The number of benzene rings is 2. The highest BCUT2D eigenvalue weighted by Gasteiger charge is 2.09. The Morgan fingerprint density at radius 2 is 1.79 bits per heavy atom. The number of ether oxygens (including phenoxy) is 1. The summed E-state index contributed by atoms with van der Waals surface area (Å²) in [4.78, 5) is 24.8. The van der Waals surface area contributed by atoms with E-state index in [2.05, 4.69) is 25.6 Å². The molecule has 0 unspecified atom stereocenters. The molecule has 8 heteroatoms. The van der Waals surface area contributed by atoms with E-state index in [0.29, 0.717) is 28.3 Å². The van der Waals surface area contributed by atoms with Gasteiger partial charge >= 0.3 is 6.03 Å². The average Bonchev–Trinajstić information content (AvgIpc) is 2.74. The number of hydrogen-bond acceptors (Lipinski definition) is 6. The highest BCUT2D eigenvalue weighted by Crippen LogP contribution is 2.28. The van der Waals surface area contributed by atoms with Crippen molar-refractivity contribution in [1.82, 2.24) is 15.0 Å². The molecule has 0 aliphatic heterocycles. The van der Waals surface area contributed by atoms with E-state index in [1.165, 1.54) is 6.33 Å². The molecule has 0 spiro atoms. The van der Waals surface area contributed by atoms with Gasteiger partial charge in [-0.2, -0.15) is 0 Å². The molecule has 29 heavy (non-hydrogen) atoms. The molecule has 2 amide bonds. The normalized spacial score (nSPS) is 10.5. The number of fused-ring (bicyclic) bond motifs is 1. The van der Waals surface area contributed by atoms with E-state index in [1.54, 1.807) is 37.7 Å². The zero-order valence-electron chi connectivity index (χ0n) is 15.6. The lowest BCUT2D eigenvalue weighted by atomic mass is 10.0. The number of methoxy groups -OCH3 is 1. The van der Waals surface area contributed by atoms with Crippen LogP contribution in [0, 0.1) is 0 Å². The summed E-state index contributed by atoms with van der Waals surface area (Å²) in [7, 11) is 1.58. The fraction of sp³-hybridized carbons (Fsp3) is 0.0476. The summed E-state index contributed by atoms with van der Waals surface area (Å²) in [6.45, 7) is 0. The summed E-state index contributed by atoms with van der Waals surface area (Å²) in [5, 5.41) is 6.27. The Labute approximate surface area is 166 Å². The van der Waals surface area contributed by atoms with Crippen molar-refractivity contribution in [2.75, 3.05) is 23.5 Å². The van der Waals surface area contributed by atoms with Gasteiger partial charge in [0.25, 0.3) is 0 Å². The largest absolute Gasteiger partial charge is 0.497 e. The molecule has 4 rings (SSSR count). The molecule has 4 aromatic rings. The molecule has 144 valence electrons. The van der Waals surface area contributed by atoms with Gasteiger partial charge in [0.2, 0.25) is 0 Å². The minimum Gasteiger partial charge on any atom is -0.497 e. The van der Waals surface area contributed by atoms with E-state index in [4.69, 9.17) is 10.5 Å². The lowest BCUT2D eigenvalue weighted by molar-refractivity contribution is 0.262. The van der Waals surface area contributed by atoms with Gasteiger partial charge in [-0.1, -0.05) is 18.2 Å². The molecule has 0 fully saturated rings. The van der Waals surface area contributed by atoms with Gasteiger partial charge in [-0.25, -0.2) is 14.8 Å². The predicted octanol–water partition coefficient (Wildman–Crippen LogP) is 3.93. The molecule has 8 nitrogen and oxygen atoms in total. The maximum Gasteiger partial charge on any atom is 0.323 e. The molecule has 0 bridgehead atoms. The highest BCUT2D eigenvalue weighted by atomic mass is 16.5. The second-order valence-electron chi connectivity index (χ2n) is 6.23. The molecule has 2 aromatic heterocycles. The fourth-order valence-corrected chi connectivity index (χ4v) is 2.94. The Morgan fingerprint density at radius 1 is 1.00 bits per heavy atom. The van der Waals surface area contributed by atoms with Gasteiger partial charge in [-0.15, -0.1) is 0 Å². The van der Waals surface area contributed by atoms with Gasteiger partial charge in [0.15, 0.2) is 0 Å². The quantitative estimate of drug-likeness (QED) is 0.489. The molecule has 0 radical (unpaired) electrons. The molecule has 2 heterocycles. The van der Waals surface area contributed by atoms with Crippen molar-refractivity contribution < 1.29 is 9.53 Å². The minimum absolute atomic E-state index is 0.349. The van der Waals surface area contributed by atoms with Crippen LogP contribution >= 0.6 is 0 Å². The number of anilines is 3. The average molecular weight is 386 g/mol. The number of nitrogen functional groups attached to an aromatic ring is 1. The zero-order valence-corrected chi connectivity index (χ0v) is 15.6. The van der Waals surface area contributed by atoms with Crippen LogP contribution in [0.1, 0.15) is 0 Å². The maximum atomic E-state index is 12.2. The molecule has 0 atom stereocenters. The highest BCUT2D eigenvalue weighted by molar-refractivity contribution is 6.00. The SMILES string of the molecule is COc1cccc(NC(=O)Nc2ccc(-c3cncc4c(N)ncnc34)cc2)c1. The Hall–Kier alpha value is -4.20. The van der Waals surface area contributed by atoms with Crippen molar-refractivity contribution in [3.8, 4) is 16.9 Å². The molecular weight excluding hydrogens is 368 g/mol. The van der Waals surface area contributed by atoms with Crippen LogP contribution in [-0.4, -0.2) is 28.1 Å². The predicted molar refractivity (Wildman–Crippen MR) is 113 cm³/mol. The van der Waals surface area contributed by atoms with Crippen LogP contribution < -0.4 is 21.1 Å². The summed E-state index contributed by atoms with van der Waals surface area (Å²) in [5.41, 5.74) is 9.66. The van der Waals surface area contributed by atoms with Crippen molar-refractivity contribution in [3.63, 3.8) is 0 Å². The number of urea groups is 1. The van der Waals surface area contributed by atoms with Crippen molar-refractivity contribution in [1.29, 1.82) is 0 Å². The third-order valence-electron chi connectivity index (χ3n) is 4.36. The van der Waals surface area contributed by atoms with Gasteiger partial charge in [0.05, 0.1) is 18.0 Å². The van der Waals surface area contributed by atoms with Gasteiger partial charge in [0, 0.05) is 35.4 Å². The van der Waals surface area contributed by atoms with Crippen molar-refractivity contribution in [3.05, 3.63) is 67.3 Å². The van der Waals surface area contributed by atoms with Crippen LogP contribution in [0.25, 0.3) is 22.0 Å². The van der Waals surface area contributed by atoms with Gasteiger partial charge in [0.1, 0.15) is 17.9 Å². The zero-order chi connectivity index (χ0) is 20.2. The molecule has 0 saturated heterocycles. The number of hydrogen-bond donors (Lipinski definition) is 3. The van der Waals surface area contributed by atoms with E-state index in [-0.39, 0.29) is 6.03 Å². The number of rotatable bonds is 4. The molecule has 0 aliphatic carbocycles. The van der Waals surface area contributed by atoms with Gasteiger partial charge in [-0.05, 0) is 29.8 Å². The van der Waals surface area contributed by atoms with E-state index in [9.17, 15) is 4.79 Å². The lowest BCUT2D eigenvalue weighted by Gasteiger charge is -2.10. The first kappa shape index (κ1) is 18.2. The van der Waals surface area contributed by atoms with Crippen molar-refractivity contribution >= 4 is 34.1 Å². The minimum atomic E-state index is -0.349. The van der Waals surface area contributed by atoms with Crippen LogP contribution in [0.3, 0.4) is 0 Å². The van der Waals surface area contributed by atoms with E-state index >= 15 is 0 Å². The second-order valence-corrected chi connectivity index (χ2v) is 6.23. The number of aromatic nitrogens is 3. The molecule has 0 aliphatic rings. The second kappa shape index (κ2) is 7.81. The van der Waals surface area contributed by atoms with Crippen LogP contribution in [0.2, 0.25) is 0 Å². The monoisotopic (exact) mass is 386 g/mol. The first-order chi connectivity index (χ1) is 14.1. The topological polar surface area (TPSA) is 115 Å². The van der Waals surface area contributed by atoms with Crippen LogP contribution in [0.5, 0.6) is 5.75 Å². The molecular formula is C21H18N6O2. The number of nitrogens with zero attached hydrogens (tertiary/aromatic N) is 3. The molecule has 0 saturated carbocycles. The maximum absolute atomic E-state index is 12.2. The summed E-state index contributed by atoms with van der Waals surface area (Å²) in [5.74, 6) is 1.05. The number of amides is 2. The Bertz CT molecular complexity index is 1180. The number of nitrogens with two attached hydrogens (primary N) is 1. The summed E-state index contributed by atoms with van der Waals surface area (Å²) in [6.07, 6.45) is 4.81. The van der Waals surface area contributed by atoms with E-state index < -0.39 is 0 Å². The van der Waals surface area contributed by atoms with Crippen LogP contribution in [0.15, 0.2) is 67.3 Å². The Balaban J connectivity index is 1.51. The van der Waals surface area contributed by atoms with Gasteiger partial charge < -0.3 is 21.1 Å². The van der Waals surface area contributed by atoms with Crippen LogP contribution in [-0.2, 0) is 0 Å². The number of pyridine rings is 1. The van der Waals surface area contributed by atoms with Crippen molar-refractivity contribution in [2.24, 2.45) is 0 Å². The lowest BCUT2D eigenvalue weighted by Crippen LogP contribution is -2.19. The summed E-state index contributed by atoms with van der Waals surface area (Å²) in [6, 6.07) is 14.2. The summed E-state index contributed by atoms with van der Waals surface area (Å²) < 4.78 is 5.15. The van der Waals surface area contributed by atoms with Crippen molar-refractivity contribution in [2.45, 2.75) is 0 Å². The smallest absolute Gasteiger partial charge is 0.323 e. The summed E-state index contributed by atoms with van der Waals surface area (Å²) >= 11 is 0. The molecule has 4 N–H and O–H groups in total. The number of carbonyl (C=O) groups excluding carboxylic acids is 1.